The molecule has 156 valence electrons. The summed E-state index contributed by atoms with van der Waals surface area (Å²) in [5, 5.41) is 30.6. The summed E-state index contributed by atoms with van der Waals surface area (Å²) < 4.78 is 18.2. The molecule has 1 aliphatic heterocycles. The van der Waals surface area contributed by atoms with E-state index in [-0.39, 0.29) is 16.7 Å². The molecule has 3 N–H and O–H groups in total. The highest BCUT2D eigenvalue weighted by Crippen LogP contribution is 2.40. The monoisotopic (exact) mass is 408 g/mol. The van der Waals surface area contributed by atoms with E-state index in [1.54, 1.807) is 0 Å². The third kappa shape index (κ3) is 5.38. The van der Waals surface area contributed by atoms with E-state index in [4.69, 9.17) is 13.6 Å². The maximum absolute atomic E-state index is 10.6. The standard InChI is InChI=1S/C18H40O6Si2/c1-17(2,3)25(7,8)22-11-12-15(13(19)14(20)16(21)23-12)24-26(9,10)18(4,5)6/h12-16,19-21H,11H2,1-10H3/t12-,13-,14+,15-,16+/m1/s1. The first-order valence-corrected chi connectivity index (χ1v) is 15.2. The zero-order valence-electron chi connectivity index (χ0n) is 18.2. The zero-order valence-corrected chi connectivity index (χ0v) is 20.2. The molecular formula is C18H40O6Si2. The Bertz CT molecular complexity index is 469. The molecule has 5 atom stereocenters. The Hall–Kier alpha value is 0.194. The second kappa shape index (κ2) is 7.90. The molecule has 0 aromatic rings. The predicted molar refractivity (Wildman–Crippen MR) is 108 cm³/mol. The van der Waals surface area contributed by atoms with E-state index in [2.05, 4.69) is 67.7 Å². The maximum Gasteiger partial charge on any atom is 0.192 e. The van der Waals surface area contributed by atoms with Crippen molar-refractivity contribution in [1.29, 1.82) is 0 Å². The SMILES string of the molecule is CC(C)(C)[Si](C)(C)OC[C@H]1O[C@H](O)[C@@H](O)[C@@H](O)[C@@H]1O[Si](C)(C)C(C)(C)C. The average Bonchev–Trinajstić information content (AvgIpc) is 2.43. The minimum atomic E-state index is -2.22. The second-order valence-electron chi connectivity index (χ2n) is 10.5. The molecule has 1 aliphatic rings. The van der Waals surface area contributed by atoms with Gasteiger partial charge < -0.3 is 28.9 Å². The number of aliphatic hydroxyl groups excluding tert-OH is 3. The molecule has 1 saturated heterocycles. The maximum atomic E-state index is 10.6. The highest BCUT2D eigenvalue weighted by Gasteiger charge is 2.50. The molecule has 0 spiro atoms. The number of hydrogen-bond acceptors (Lipinski definition) is 6. The summed E-state index contributed by atoms with van der Waals surface area (Å²) in [7, 11) is -4.24. The molecule has 0 aromatic carbocycles. The molecule has 1 fully saturated rings. The fourth-order valence-corrected chi connectivity index (χ4v) is 4.56. The topological polar surface area (TPSA) is 88.4 Å². The van der Waals surface area contributed by atoms with Crippen LogP contribution in [0.4, 0.5) is 0 Å². The molecule has 26 heavy (non-hydrogen) atoms. The van der Waals surface area contributed by atoms with E-state index in [0.29, 0.717) is 0 Å². The van der Waals surface area contributed by atoms with E-state index in [0.717, 1.165) is 0 Å². The van der Waals surface area contributed by atoms with Crippen molar-refractivity contribution in [2.75, 3.05) is 6.61 Å². The Morgan fingerprint density at radius 1 is 0.808 bits per heavy atom. The third-order valence-corrected chi connectivity index (χ3v) is 15.3. The van der Waals surface area contributed by atoms with Gasteiger partial charge in [-0.25, -0.2) is 0 Å². The number of ether oxygens (including phenoxy) is 1. The fourth-order valence-electron chi connectivity index (χ4n) is 2.22. The van der Waals surface area contributed by atoms with Crippen molar-refractivity contribution in [3.05, 3.63) is 0 Å². The lowest BCUT2D eigenvalue weighted by molar-refractivity contribution is -0.282. The lowest BCUT2D eigenvalue weighted by Gasteiger charge is -2.47. The molecule has 1 rings (SSSR count). The van der Waals surface area contributed by atoms with Gasteiger partial charge in [0.25, 0.3) is 0 Å². The Kier molecular flexibility index (Phi) is 7.37. The Balaban J connectivity index is 3.01. The number of hydrogen-bond donors (Lipinski definition) is 3. The molecule has 0 unspecified atom stereocenters. The normalized spacial score (nSPS) is 32.0. The summed E-state index contributed by atoms with van der Waals surface area (Å²) in [5.41, 5.74) is 0. The van der Waals surface area contributed by atoms with E-state index in [1.165, 1.54) is 0 Å². The van der Waals surface area contributed by atoms with E-state index in [9.17, 15) is 15.3 Å². The third-order valence-electron chi connectivity index (χ3n) is 6.31. The first-order chi connectivity index (χ1) is 11.4. The highest BCUT2D eigenvalue weighted by atomic mass is 28.4. The lowest BCUT2D eigenvalue weighted by atomic mass is 9.99. The zero-order chi connectivity index (χ0) is 20.7. The second-order valence-corrected chi connectivity index (χ2v) is 20.0. The van der Waals surface area contributed by atoms with Crippen LogP contribution < -0.4 is 0 Å². The molecule has 1 heterocycles. The molecule has 0 saturated carbocycles. The first-order valence-electron chi connectivity index (χ1n) is 9.42. The molecule has 0 amide bonds. The quantitative estimate of drug-likeness (QED) is 0.606. The first kappa shape index (κ1) is 24.2. The molecule has 0 radical (unpaired) electrons. The average molecular weight is 409 g/mol. The summed E-state index contributed by atoms with van der Waals surface area (Å²) in [6, 6.07) is 0. The summed E-state index contributed by atoms with van der Waals surface area (Å²) in [6.45, 7) is 21.5. The molecule has 6 nitrogen and oxygen atoms in total. The van der Waals surface area contributed by atoms with Crippen LogP contribution in [0.25, 0.3) is 0 Å². The predicted octanol–water partition coefficient (Wildman–Crippen LogP) is 2.84. The minimum Gasteiger partial charge on any atom is -0.414 e. The van der Waals surface area contributed by atoms with Gasteiger partial charge in [-0.15, -0.1) is 0 Å². The van der Waals surface area contributed by atoms with Crippen LogP contribution in [0.3, 0.4) is 0 Å². The van der Waals surface area contributed by atoms with Crippen molar-refractivity contribution >= 4 is 16.6 Å². The van der Waals surface area contributed by atoms with Crippen molar-refractivity contribution in [2.24, 2.45) is 0 Å². The Labute approximate surface area is 161 Å². The largest absolute Gasteiger partial charge is 0.414 e. The van der Waals surface area contributed by atoms with Crippen molar-refractivity contribution < 1.29 is 28.9 Å². The van der Waals surface area contributed by atoms with Gasteiger partial charge in [0.05, 0.1) is 6.61 Å². The minimum absolute atomic E-state index is 0.0359. The van der Waals surface area contributed by atoms with E-state index < -0.39 is 47.3 Å². The summed E-state index contributed by atoms with van der Waals surface area (Å²) in [5.74, 6) is 0. The van der Waals surface area contributed by atoms with Crippen LogP contribution in [0.1, 0.15) is 41.5 Å². The number of aliphatic hydroxyl groups is 3. The lowest BCUT2D eigenvalue weighted by Crippen LogP contribution is -2.63. The number of rotatable bonds is 5. The van der Waals surface area contributed by atoms with Gasteiger partial charge in [0, 0.05) is 0 Å². The smallest absolute Gasteiger partial charge is 0.192 e. The van der Waals surface area contributed by atoms with Crippen LogP contribution in [0, 0.1) is 0 Å². The van der Waals surface area contributed by atoms with Crippen LogP contribution in [0.2, 0.25) is 36.3 Å². The van der Waals surface area contributed by atoms with Crippen LogP contribution in [-0.2, 0) is 13.6 Å². The van der Waals surface area contributed by atoms with Gasteiger partial charge in [-0.3, -0.25) is 0 Å². The van der Waals surface area contributed by atoms with Crippen molar-refractivity contribution in [1.82, 2.24) is 0 Å². The summed E-state index contributed by atoms with van der Waals surface area (Å²) in [6.07, 6.45) is -5.43. The van der Waals surface area contributed by atoms with Gasteiger partial charge >= 0.3 is 0 Å². The molecular weight excluding hydrogens is 368 g/mol. The Morgan fingerprint density at radius 2 is 1.27 bits per heavy atom. The highest BCUT2D eigenvalue weighted by molar-refractivity contribution is 6.74. The van der Waals surface area contributed by atoms with Crippen LogP contribution in [-0.4, -0.2) is 69.3 Å². The van der Waals surface area contributed by atoms with Crippen LogP contribution >= 0.6 is 0 Å². The molecule has 8 heteroatoms. The van der Waals surface area contributed by atoms with Gasteiger partial charge in [-0.05, 0) is 36.3 Å². The van der Waals surface area contributed by atoms with Gasteiger partial charge in [0.15, 0.2) is 22.9 Å². The molecule has 0 aromatic heterocycles. The van der Waals surface area contributed by atoms with Gasteiger partial charge in [0.1, 0.15) is 24.4 Å². The van der Waals surface area contributed by atoms with E-state index >= 15 is 0 Å². The van der Waals surface area contributed by atoms with Gasteiger partial charge in [-0.2, -0.15) is 0 Å². The van der Waals surface area contributed by atoms with Crippen LogP contribution in [0.5, 0.6) is 0 Å². The fraction of sp³-hybridized carbons (Fsp3) is 1.00. The molecule has 0 aliphatic carbocycles. The van der Waals surface area contributed by atoms with Gasteiger partial charge in [0.2, 0.25) is 0 Å². The van der Waals surface area contributed by atoms with Crippen LogP contribution in [0.15, 0.2) is 0 Å². The Morgan fingerprint density at radius 3 is 1.69 bits per heavy atom. The van der Waals surface area contributed by atoms with Crippen molar-refractivity contribution in [3.8, 4) is 0 Å². The van der Waals surface area contributed by atoms with E-state index in [1.807, 2.05) is 0 Å². The van der Waals surface area contributed by atoms with Crippen molar-refractivity contribution in [2.45, 2.75) is 109 Å². The summed E-state index contributed by atoms with van der Waals surface area (Å²) in [4.78, 5) is 0. The summed E-state index contributed by atoms with van der Waals surface area (Å²) >= 11 is 0. The van der Waals surface area contributed by atoms with Gasteiger partial charge in [-0.1, -0.05) is 41.5 Å². The van der Waals surface area contributed by atoms with Crippen molar-refractivity contribution in [3.63, 3.8) is 0 Å². The molecule has 0 bridgehead atoms.